The Morgan fingerprint density at radius 2 is 1.75 bits per heavy atom. The molecule has 2 fully saturated rings. The third-order valence-electron chi connectivity index (χ3n) is 4.78. The van der Waals surface area contributed by atoms with Crippen LogP contribution in [0.3, 0.4) is 0 Å². The number of amides is 2. The molecule has 0 bridgehead atoms. The van der Waals surface area contributed by atoms with Crippen LogP contribution in [0.2, 0.25) is 0 Å². The smallest absolute Gasteiger partial charge is 0.315 e. The molecule has 2 saturated carbocycles. The van der Waals surface area contributed by atoms with Gasteiger partial charge in [0.2, 0.25) is 0 Å². The van der Waals surface area contributed by atoms with Crippen LogP contribution in [0.25, 0.3) is 0 Å². The van der Waals surface area contributed by atoms with Gasteiger partial charge in [-0.25, -0.2) is 4.79 Å². The van der Waals surface area contributed by atoms with Crippen LogP contribution >= 0.6 is 0 Å². The highest BCUT2D eigenvalue weighted by atomic mass is 16.4. The van der Waals surface area contributed by atoms with Crippen molar-refractivity contribution < 1.29 is 14.7 Å². The Kier molecular flexibility index (Phi) is 4.89. The summed E-state index contributed by atoms with van der Waals surface area (Å²) >= 11 is 0. The average Bonchev–Trinajstić information content (AvgIpc) is 2.79. The van der Waals surface area contributed by atoms with Gasteiger partial charge >= 0.3 is 12.0 Å². The molecular formula is C15H26N2O3. The summed E-state index contributed by atoms with van der Waals surface area (Å²) in [6, 6.07) is 0.0576. The summed E-state index contributed by atoms with van der Waals surface area (Å²) in [5.74, 6) is -0.0806. The second kappa shape index (κ2) is 6.46. The standard InChI is InChI=1S/C15H26N2O3/c1-11-4-6-12(7-5-11)16-14(20)17-15(10-13(18)19)8-2-3-9-15/h11-12H,2-10H2,1H3,(H,18,19)(H2,16,17,20). The lowest BCUT2D eigenvalue weighted by molar-refractivity contribution is -0.138. The van der Waals surface area contributed by atoms with Gasteiger partial charge < -0.3 is 15.7 Å². The number of carbonyl (C=O) groups is 2. The monoisotopic (exact) mass is 282 g/mol. The molecule has 0 spiro atoms. The Morgan fingerprint density at radius 3 is 2.30 bits per heavy atom. The lowest BCUT2D eigenvalue weighted by atomic mass is 9.87. The highest BCUT2D eigenvalue weighted by Crippen LogP contribution is 2.32. The zero-order valence-electron chi connectivity index (χ0n) is 12.3. The van der Waals surface area contributed by atoms with Crippen molar-refractivity contribution in [2.24, 2.45) is 5.92 Å². The largest absolute Gasteiger partial charge is 0.481 e. The van der Waals surface area contributed by atoms with E-state index in [1.807, 2.05) is 0 Å². The molecular weight excluding hydrogens is 256 g/mol. The molecule has 5 heteroatoms. The second-order valence-electron chi connectivity index (χ2n) is 6.61. The molecule has 2 rings (SSSR count). The van der Waals surface area contributed by atoms with E-state index in [1.54, 1.807) is 0 Å². The summed E-state index contributed by atoms with van der Waals surface area (Å²) in [6.45, 7) is 2.25. The van der Waals surface area contributed by atoms with Crippen LogP contribution in [0.15, 0.2) is 0 Å². The fourth-order valence-corrected chi connectivity index (χ4v) is 3.55. The quantitative estimate of drug-likeness (QED) is 0.741. The third kappa shape index (κ3) is 4.12. The maximum atomic E-state index is 12.1. The van der Waals surface area contributed by atoms with E-state index in [4.69, 9.17) is 5.11 Å². The summed E-state index contributed by atoms with van der Waals surface area (Å²) in [5.41, 5.74) is -0.530. The van der Waals surface area contributed by atoms with Gasteiger partial charge in [0.05, 0.1) is 12.0 Å². The number of carbonyl (C=O) groups excluding carboxylic acids is 1. The predicted molar refractivity (Wildman–Crippen MR) is 76.5 cm³/mol. The molecule has 3 N–H and O–H groups in total. The van der Waals surface area contributed by atoms with Gasteiger partial charge in [-0.2, -0.15) is 0 Å². The molecule has 0 heterocycles. The summed E-state index contributed by atoms with van der Waals surface area (Å²) < 4.78 is 0. The number of hydrogen-bond donors (Lipinski definition) is 3. The molecule has 0 aromatic rings. The van der Waals surface area contributed by atoms with E-state index in [0.717, 1.165) is 57.3 Å². The summed E-state index contributed by atoms with van der Waals surface area (Å²) in [6.07, 6.45) is 7.94. The molecule has 2 amide bonds. The third-order valence-corrected chi connectivity index (χ3v) is 4.78. The summed E-state index contributed by atoms with van der Waals surface area (Å²) in [7, 11) is 0. The topological polar surface area (TPSA) is 78.4 Å². The van der Waals surface area contributed by atoms with E-state index in [2.05, 4.69) is 17.6 Å². The fraction of sp³-hybridized carbons (Fsp3) is 0.867. The van der Waals surface area contributed by atoms with E-state index < -0.39 is 11.5 Å². The van der Waals surface area contributed by atoms with Gasteiger partial charge in [-0.15, -0.1) is 0 Å². The first-order chi connectivity index (χ1) is 9.49. The van der Waals surface area contributed by atoms with Gasteiger partial charge in [0.1, 0.15) is 0 Å². The number of hydrogen-bond acceptors (Lipinski definition) is 2. The van der Waals surface area contributed by atoms with Crippen molar-refractivity contribution in [1.82, 2.24) is 10.6 Å². The predicted octanol–water partition coefficient (Wildman–Crippen LogP) is 2.65. The molecule has 0 radical (unpaired) electrons. The number of urea groups is 1. The van der Waals surface area contributed by atoms with E-state index in [9.17, 15) is 9.59 Å². The van der Waals surface area contributed by atoms with Crippen LogP contribution in [0.5, 0.6) is 0 Å². The minimum Gasteiger partial charge on any atom is -0.481 e. The first-order valence-corrected chi connectivity index (χ1v) is 7.80. The molecule has 114 valence electrons. The highest BCUT2D eigenvalue weighted by molar-refractivity contribution is 5.77. The van der Waals surface area contributed by atoms with Gasteiger partial charge in [-0.1, -0.05) is 19.8 Å². The molecule has 0 unspecified atom stereocenters. The number of carboxylic acid groups (broad SMARTS) is 1. The molecule has 20 heavy (non-hydrogen) atoms. The van der Waals surface area contributed by atoms with Crippen LogP contribution in [0.4, 0.5) is 4.79 Å². The van der Waals surface area contributed by atoms with Crippen molar-refractivity contribution in [3.63, 3.8) is 0 Å². The number of rotatable bonds is 4. The van der Waals surface area contributed by atoms with Crippen molar-refractivity contribution in [2.45, 2.75) is 76.3 Å². The average molecular weight is 282 g/mol. The Morgan fingerprint density at radius 1 is 1.15 bits per heavy atom. The summed E-state index contributed by atoms with van der Waals surface area (Å²) in [5, 5.41) is 15.0. The lowest BCUT2D eigenvalue weighted by Crippen LogP contribution is -2.54. The number of aliphatic carboxylic acids is 1. The van der Waals surface area contributed by atoms with Gasteiger partial charge in [-0.3, -0.25) is 4.79 Å². The minimum atomic E-state index is -0.835. The zero-order valence-corrected chi connectivity index (χ0v) is 12.3. The van der Waals surface area contributed by atoms with Crippen LogP contribution in [0, 0.1) is 5.92 Å². The molecule has 0 saturated heterocycles. The first kappa shape index (κ1) is 15.1. The zero-order chi connectivity index (χ0) is 14.6. The fourth-order valence-electron chi connectivity index (χ4n) is 3.55. The molecule has 0 aliphatic heterocycles. The van der Waals surface area contributed by atoms with Gasteiger partial charge in [0.15, 0.2) is 0 Å². The Labute approximate surface area is 120 Å². The van der Waals surface area contributed by atoms with Gasteiger partial charge in [0, 0.05) is 6.04 Å². The maximum absolute atomic E-state index is 12.1. The van der Waals surface area contributed by atoms with Crippen LogP contribution < -0.4 is 10.6 Å². The van der Waals surface area contributed by atoms with E-state index in [0.29, 0.717) is 0 Å². The van der Waals surface area contributed by atoms with Gasteiger partial charge in [-0.05, 0) is 44.4 Å². The van der Waals surface area contributed by atoms with E-state index >= 15 is 0 Å². The van der Waals surface area contributed by atoms with Gasteiger partial charge in [0.25, 0.3) is 0 Å². The lowest BCUT2D eigenvalue weighted by Gasteiger charge is -2.32. The Hall–Kier alpha value is -1.26. The normalized spacial score (nSPS) is 28.9. The molecule has 2 aliphatic rings. The van der Waals surface area contributed by atoms with Crippen molar-refractivity contribution in [1.29, 1.82) is 0 Å². The molecule has 0 aromatic carbocycles. The highest BCUT2D eigenvalue weighted by Gasteiger charge is 2.37. The SMILES string of the molecule is CC1CCC(NC(=O)NC2(CC(=O)O)CCCC2)CC1. The van der Waals surface area contributed by atoms with Crippen molar-refractivity contribution >= 4 is 12.0 Å². The van der Waals surface area contributed by atoms with E-state index in [-0.39, 0.29) is 18.5 Å². The molecule has 0 atom stereocenters. The van der Waals surface area contributed by atoms with Crippen LogP contribution in [0.1, 0.15) is 64.7 Å². The Bertz CT molecular complexity index is 356. The minimum absolute atomic E-state index is 0.0299. The van der Waals surface area contributed by atoms with E-state index in [1.165, 1.54) is 0 Å². The van der Waals surface area contributed by atoms with Crippen LogP contribution in [-0.2, 0) is 4.79 Å². The van der Waals surface area contributed by atoms with Crippen molar-refractivity contribution in [3.05, 3.63) is 0 Å². The second-order valence-corrected chi connectivity index (χ2v) is 6.61. The van der Waals surface area contributed by atoms with Crippen LogP contribution in [-0.4, -0.2) is 28.7 Å². The number of nitrogens with one attached hydrogen (secondary N) is 2. The molecule has 5 nitrogen and oxygen atoms in total. The van der Waals surface area contributed by atoms with Crippen molar-refractivity contribution in [2.75, 3.05) is 0 Å². The first-order valence-electron chi connectivity index (χ1n) is 7.80. The Balaban J connectivity index is 1.84. The maximum Gasteiger partial charge on any atom is 0.315 e. The molecule has 2 aliphatic carbocycles. The summed E-state index contributed by atoms with van der Waals surface area (Å²) in [4.78, 5) is 23.1. The molecule has 0 aromatic heterocycles. The number of carboxylic acids is 1. The van der Waals surface area contributed by atoms with Crippen molar-refractivity contribution in [3.8, 4) is 0 Å².